The molecule has 0 bridgehead atoms. The van der Waals surface area contributed by atoms with Crippen molar-refractivity contribution < 1.29 is 0 Å². The topological polar surface area (TPSA) is 3.24 Å². The lowest BCUT2D eigenvalue weighted by atomic mass is 10.0. The molecule has 0 fully saturated rings. The first-order valence-corrected chi connectivity index (χ1v) is 5.05. The molecule has 0 aromatic heterocycles. The van der Waals surface area contributed by atoms with E-state index in [1.165, 1.54) is 5.56 Å². The summed E-state index contributed by atoms with van der Waals surface area (Å²) in [6, 6.07) is 11.2. The van der Waals surface area contributed by atoms with Crippen LogP contribution in [0.25, 0.3) is 0 Å². The highest BCUT2D eigenvalue weighted by Gasteiger charge is 2.09. The van der Waals surface area contributed by atoms with Crippen LogP contribution < -0.4 is 0 Å². The smallest absolute Gasteiger partial charge is 0.0164 e. The lowest BCUT2D eigenvalue weighted by Gasteiger charge is -2.23. The molecule has 1 rings (SSSR count). The van der Waals surface area contributed by atoms with Crippen LogP contribution in [0.3, 0.4) is 0 Å². The van der Waals surface area contributed by atoms with Crippen LogP contribution in [0, 0.1) is 0 Å². The van der Waals surface area contributed by atoms with Gasteiger partial charge in [-0.15, -0.1) is 6.58 Å². The Balaban J connectivity index is 2.60. The molecule has 0 radical (unpaired) electrons. The van der Waals surface area contributed by atoms with E-state index < -0.39 is 0 Å². The van der Waals surface area contributed by atoms with Crippen LogP contribution >= 0.6 is 0 Å². The number of benzene rings is 1. The molecule has 0 aliphatic heterocycles. The van der Waals surface area contributed by atoms with E-state index in [0.29, 0.717) is 6.04 Å². The first kappa shape index (κ1) is 11.0. The molecule has 0 unspecified atom stereocenters. The summed E-state index contributed by atoms with van der Waals surface area (Å²) >= 11 is 0. The fourth-order valence-corrected chi connectivity index (χ4v) is 1.56. The molecular formula is C13H19N. The quantitative estimate of drug-likeness (QED) is 0.644. The third-order valence-corrected chi connectivity index (χ3v) is 2.48. The van der Waals surface area contributed by atoms with Crippen LogP contribution in [-0.4, -0.2) is 25.0 Å². The molecule has 1 aromatic carbocycles. The third-order valence-electron chi connectivity index (χ3n) is 2.48. The summed E-state index contributed by atoms with van der Waals surface area (Å²) in [7, 11) is 4.24. The first-order chi connectivity index (χ1) is 6.74. The average Bonchev–Trinajstić information content (AvgIpc) is 2.18. The lowest BCUT2D eigenvalue weighted by Crippen LogP contribution is -2.29. The number of hydrogen-bond donors (Lipinski definition) is 0. The van der Waals surface area contributed by atoms with Gasteiger partial charge in [-0.25, -0.2) is 0 Å². The summed E-state index contributed by atoms with van der Waals surface area (Å²) in [6.45, 7) is 3.80. The van der Waals surface area contributed by atoms with Gasteiger partial charge in [-0.2, -0.15) is 0 Å². The van der Waals surface area contributed by atoms with E-state index >= 15 is 0 Å². The minimum Gasteiger partial charge on any atom is -0.306 e. The van der Waals surface area contributed by atoms with Gasteiger partial charge in [0.1, 0.15) is 0 Å². The van der Waals surface area contributed by atoms with Gasteiger partial charge in [0.25, 0.3) is 0 Å². The van der Waals surface area contributed by atoms with Gasteiger partial charge in [0.15, 0.2) is 0 Å². The van der Waals surface area contributed by atoms with Crippen molar-refractivity contribution in [3.05, 3.63) is 48.6 Å². The molecule has 1 aromatic rings. The summed E-state index contributed by atoms with van der Waals surface area (Å²) in [6.07, 6.45) is 4.13. The second-order valence-electron chi connectivity index (χ2n) is 3.83. The molecule has 1 nitrogen and oxygen atoms in total. The summed E-state index contributed by atoms with van der Waals surface area (Å²) in [4.78, 5) is 2.26. The molecule has 1 atom stereocenters. The maximum absolute atomic E-state index is 3.80. The Kier molecular flexibility index (Phi) is 4.41. The maximum Gasteiger partial charge on any atom is 0.0164 e. The minimum absolute atomic E-state index is 0.565. The van der Waals surface area contributed by atoms with Crippen molar-refractivity contribution in [2.45, 2.75) is 18.9 Å². The van der Waals surface area contributed by atoms with Gasteiger partial charge in [-0.1, -0.05) is 36.4 Å². The second kappa shape index (κ2) is 5.61. The zero-order valence-electron chi connectivity index (χ0n) is 9.11. The van der Waals surface area contributed by atoms with E-state index in [-0.39, 0.29) is 0 Å². The van der Waals surface area contributed by atoms with Gasteiger partial charge in [-0.3, -0.25) is 0 Å². The summed E-state index contributed by atoms with van der Waals surface area (Å²) in [5, 5.41) is 0. The van der Waals surface area contributed by atoms with E-state index in [4.69, 9.17) is 0 Å². The van der Waals surface area contributed by atoms with Gasteiger partial charge >= 0.3 is 0 Å². The number of rotatable bonds is 5. The molecule has 0 N–H and O–H groups in total. The van der Waals surface area contributed by atoms with E-state index in [0.717, 1.165) is 12.8 Å². The Morgan fingerprint density at radius 1 is 1.29 bits per heavy atom. The van der Waals surface area contributed by atoms with Gasteiger partial charge in [0.2, 0.25) is 0 Å². The molecular weight excluding hydrogens is 170 g/mol. The molecule has 0 aliphatic rings. The molecule has 14 heavy (non-hydrogen) atoms. The first-order valence-electron chi connectivity index (χ1n) is 5.05. The Hall–Kier alpha value is -1.08. The second-order valence-corrected chi connectivity index (χ2v) is 3.83. The Morgan fingerprint density at radius 3 is 2.43 bits per heavy atom. The van der Waals surface area contributed by atoms with Gasteiger partial charge in [0, 0.05) is 6.04 Å². The molecule has 0 heterocycles. The Bertz CT molecular complexity index is 264. The Labute approximate surface area is 87.1 Å². The summed E-state index contributed by atoms with van der Waals surface area (Å²) in [5.41, 5.74) is 1.40. The molecule has 0 saturated heterocycles. The maximum atomic E-state index is 3.80. The largest absolute Gasteiger partial charge is 0.306 e. The van der Waals surface area contributed by atoms with Crippen molar-refractivity contribution in [3.8, 4) is 0 Å². The summed E-state index contributed by atoms with van der Waals surface area (Å²) < 4.78 is 0. The number of hydrogen-bond acceptors (Lipinski definition) is 1. The predicted molar refractivity (Wildman–Crippen MR) is 62.4 cm³/mol. The molecule has 0 aliphatic carbocycles. The fraction of sp³-hybridized carbons (Fsp3) is 0.385. The SMILES string of the molecule is C=CC[C@H](Cc1ccccc1)N(C)C. The van der Waals surface area contributed by atoms with Crippen molar-refractivity contribution in [3.63, 3.8) is 0 Å². The number of likely N-dealkylation sites (N-methyl/N-ethyl adjacent to an activating group) is 1. The van der Waals surface area contributed by atoms with E-state index in [1.807, 2.05) is 6.08 Å². The van der Waals surface area contributed by atoms with Crippen LogP contribution in [0.15, 0.2) is 43.0 Å². The van der Waals surface area contributed by atoms with Crippen LogP contribution in [0.4, 0.5) is 0 Å². The minimum atomic E-state index is 0.565. The van der Waals surface area contributed by atoms with Crippen LogP contribution in [0.5, 0.6) is 0 Å². The normalized spacial score (nSPS) is 12.8. The highest BCUT2D eigenvalue weighted by Crippen LogP contribution is 2.09. The van der Waals surface area contributed by atoms with Crippen molar-refractivity contribution in [2.24, 2.45) is 0 Å². The van der Waals surface area contributed by atoms with E-state index in [2.05, 4.69) is 55.9 Å². The van der Waals surface area contributed by atoms with Crippen molar-refractivity contribution >= 4 is 0 Å². The van der Waals surface area contributed by atoms with Crippen LogP contribution in [-0.2, 0) is 6.42 Å². The van der Waals surface area contributed by atoms with E-state index in [9.17, 15) is 0 Å². The molecule has 0 saturated carbocycles. The van der Waals surface area contributed by atoms with Crippen LogP contribution in [0.1, 0.15) is 12.0 Å². The Morgan fingerprint density at radius 2 is 1.93 bits per heavy atom. The highest BCUT2D eigenvalue weighted by molar-refractivity contribution is 5.16. The van der Waals surface area contributed by atoms with Crippen molar-refractivity contribution in [1.82, 2.24) is 4.90 Å². The fourth-order valence-electron chi connectivity index (χ4n) is 1.56. The van der Waals surface area contributed by atoms with Gasteiger partial charge < -0.3 is 4.90 Å². The molecule has 1 heteroatoms. The van der Waals surface area contributed by atoms with Gasteiger partial charge in [-0.05, 0) is 32.5 Å². The van der Waals surface area contributed by atoms with Crippen LogP contribution in [0.2, 0.25) is 0 Å². The molecule has 0 amide bonds. The highest BCUT2D eigenvalue weighted by atomic mass is 15.1. The van der Waals surface area contributed by atoms with Crippen molar-refractivity contribution in [2.75, 3.05) is 14.1 Å². The predicted octanol–water partition coefficient (Wildman–Crippen LogP) is 2.74. The number of nitrogens with zero attached hydrogens (tertiary/aromatic N) is 1. The zero-order valence-corrected chi connectivity index (χ0v) is 9.11. The van der Waals surface area contributed by atoms with Gasteiger partial charge in [0.05, 0.1) is 0 Å². The van der Waals surface area contributed by atoms with E-state index in [1.54, 1.807) is 0 Å². The molecule has 0 spiro atoms. The summed E-state index contributed by atoms with van der Waals surface area (Å²) in [5.74, 6) is 0. The zero-order chi connectivity index (χ0) is 10.4. The average molecular weight is 189 g/mol. The lowest BCUT2D eigenvalue weighted by molar-refractivity contribution is 0.293. The van der Waals surface area contributed by atoms with Crippen molar-refractivity contribution in [1.29, 1.82) is 0 Å². The monoisotopic (exact) mass is 189 g/mol. The molecule has 76 valence electrons. The standard InChI is InChI=1S/C13H19N/c1-4-8-13(14(2)3)11-12-9-6-5-7-10-12/h4-7,9-10,13H,1,8,11H2,2-3H3/t13-/m1/s1. The third kappa shape index (κ3) is 3.35.